The highest BCUT2D eigenvalue weighted by Crippen LogP contribution is 2.44. The topological polar surface area (TPSA) is 40.1 Å². The van der Waals surface area contributed by atoms with Gasteiger partial charge in [-0.15, -0.1) is 0 Å². The smallest absolute Gasteiger partial charge is 0.418 e. The molecular weight excluding hydrogens is 585 g/mol. The highest BCUT2D eigenvalue weighted by molar-refractivity contribution is 6.15. The highest BCUT2D eigenvalue weighted by atomic mass is 19.4. The first-order valence-electron chi connectivity index (χ1n) is 16.8. The van der Waals surface area contributed by atoms with Crippen LogP contribution < -0.4 is 15.1 Å². The van der Waals surface area contributed by atoms with Gasteiger partial charge in [0.2, 0.25) is 0 Å². The van der Waals surface area contributed by atoms with Crippen molar-refractivity contribution in [2.45, 2.75) is 85.2 Å². The van der Waals surface area contributed by atoms with Crippen LogP contribution >= 0.6 is 0 Å². The maximum Gasteiger partial charge on any atom is 0.418 e. The minimum atomic E-state index is -4.48. The molecule has 1 aliphatic carbocycles. The van der Waals surface area contributed by atoms with Gasteiger partial charge in [0.25, 0.3) is 0 Å². The number of hydrazone groups is 1. The number of anilines is 1. The zero-order valence-corrected chi connectivity index (χ0v) is 28.7. The summed E-state index contributed by atoms with van der Waals surface area (Å²) in [4.78, 5) is 2.43. The van der Waals surface area contributed by atoms with Crippen molar-refractivity contribution in [3.05, 3.63) is 94.9 Å². The number of rotatable bonds is 10. The van der Waals surface area contributed by atoms with E-state index in [9.17, 15) is 13.2 Å². The molecule has 0 aromatic heterocycles. The third-order valence-electron chi connectivity index (χ3n) is 8.71. The second kappa shape index (κ2) is 17.4. The molecule has 3 aliphatic rings. The van der Waals surface area contributed by atoms with E-state index in [1.165, 1.54) is 55.2 Å². The number of para-hydroxylation sites is 1. The van der Waals surface area contributed by atoms with E-state index in [0.29, 0.717) is 17.2 Å². The molecule has 0 bridgehead atoms. The van der Waals surface area contributed by atoms with Gasteiger partial charge in [0.1, 0.15) is 5.75 Å². The SMILES string of the molecule is C=C(CC)NCCCC1CCN(C)C1.C=C1C2=C(CCC2)C(c2cc(CC)cc(OC)c2)=NN1c1ccccc1C(F)(F)F.CC. The van der Waals surface area contributed by atoms with Gasteiger partial charge in [-0.25, -0.2) is 5.01 Å². The minimum Gasteiger partial charge on any atom is -0.497 e. The van der Waals surface area contributed by atoms with Gasteiger partial charge in [0, 0.05) is 24.4 Å². The fourth-order valence-corrected chi connectivity index (χ4v) is 6.16. The molecule has 1 atom stereocenters. The van der Waals surface area contributed by atoms with Gasteiger partial charge in [-0.2, -0.15) is 18.3 Å². The van der Waals surface area contributed by atoms with Crippen LogP contribution in [0.2, 0.25) is 0 Å². The summed E-state index contributed by atoms with van der Waals surface area (Å²) < 4.78 is 46.5. The summed E-state index contributed by atoms with van der Waals surface area (Å²) >= 11 is 0. The molecular formula is C38H53F3N4O. The van der Waals surface area contributed by atoms with Crippen molar-refractivity contribution >= 4 is 11.4 Å². The molecule has 1 N–H and O–H groups in total. The van der Waals surface area contributed by atoms with Gasteiger partial charge in [0.05, 0.1) is 29.8 Å². The van der Waals surface area contributed by atoms with Crippen LogP contribution in [0, 0.1) is 5.92 Å². The molecule has 0 spiro atoms. The number of halogens is 3. The number of benzene rings is 2. The zero-order valence-electron chi connectivity index (χ0n) is 28.7. The Balaban J connectivity index is 0.000000303. The van der Waals surface area contributed by atoms with E-state index in [-0.39, 0.29) is 5.69 Å². The Labute approximate surface area is 274 Å². The normalized spacial score (nSPS) is 17.8. The summed E-state index contributed by atoms with van der Waals surface area (Å²) in [5.74, 6) is 1.65. The molecule has 5 rings (SSSR count). The molecule has 2 aromatic rings. The number of allylic oxidation sites excluding steroid dienone is 3. The Morgan fingerprint density at radius 3 is 2.43 bits per heavy atom. The largest absolute Gasteiger partial charge is 0.497 e. The average molecular weight is 639 g/mol. The number of alkyl halides is 3. The van der Waals surface area contributed by atoms with Crippen molar-refractivity contribution in [1.29, 1.82) is 0 Å². The average Bonchev–Trinajstić information content (AvgIpc) is 3.73. The molecule has 5 nitrogen and oxygen atoms in total. The van der Waals surface area contributed by atoms with Gasteiger partial charge < -0.3 is 15.0 Å². The molecule has 46 heavy (non-hydrogen) atoms. The second-order valence-electron chi connectivity index (χ2n) is 11.9. The Kier molecular flexibility index (Phi) is 14.0. The Morgan fingerprint density at radius 1 is 1.09 bits per heavy atom. The van der Waals surface area contributed by atoms with Crippen molar-refractivity contribution in [3.63, 3.8) is 0 Å². The lowest BCUT2D eigenvalue weighted by molar-refractivity contribution is -0.137. The van der Waals surface area contributed by atoms with E-state index in [1.807, 2.05) is 32.0 Å². The lowest BCUT2D eigenvalue weighted by atomic mass is 9.94. The van der Waals surface area contributed by atoms with Gasteiger partial charge in [-0.3, -0.25) is 0 Å². The van der Waals surface area contributed by atoms with Gasteiger partial charge >= 0.3 is 6.18 Å². The van der Waals surface area contributed by atoms with Crippen molar-refractivity contribution in [1.82, 2.24) is 10.2 Å². The standard InChI is InChI=1S/C24H23F3N2O.C12H24N2.C2H6/c1-4-16-12-17(14-18(13-16)30-3)23-20-9-7-8-19(20)15(2)29(28-23)22-11-6-5-10-21(22)24(25,26)27;1-4-11(2)13-8-5-6-12-7-9-14(3)10-12;1-2/h5-6,10-14H,2,4,7-9H2,1,3H3;12-13H,2,4-10H2,1,3H3;1-2H3. The minimum absolute atomic E-state index is 0.00967. The lowest BCUT2D eigenvalue weighted by Gasteiger charge is -2.31. The van der Waals surface area contributed by atoms with Crippen molar-refractivity contribution in [2.24, 2.45) is 11.0 Å². The number of aryl methyl sites for hydroxylation is 1. The summed E-state index contributed by atoms with van der Waals surface area (Å²) in [5.41, 5.74) is 5.63. The Morgan fingerprint density at radius 2 is 1.80 bits per heavy atom. The molecule has 0 amide bonds. The van der Waals surface area contributed by atoms with E-state index in [2.05, 4.69) is 44.3 Å². The number of hydrogen-bond acceptors (Lipinski definition) is 5. The van der Waals surface area contributed by atoms with E-state index in [4.69, 9.17) is 9.84 Å². The van der Waals surface area contributed by atoms with Gasteiger partial charge in [-0.1, -0.05) is 53.0 Å². The van der Waals surface area contributed by atoms with Crippen molar-refractivity contribution in [2.75, 3.05) is 38.8 Å². The molecule has 0 radical (unpaired) electrons. The second-order valence-corrected chi connectivity index (χ2v) is 11.9. The molecule has 0 saturated carbocycles. The fourth-order valence-electron chi connectivity index (χ4n) is 6.16. The van der Waals surface area contributed by atoms with Crippen molar-refractivity contribution < 1.29 is 17.9 Å². The number of nitrogens with zero attached hydrogens (tertiary/aromatic N) is 3. The van der Waals surface area contributed by atoms with Crippen LogP contribution in [0.4, 0.5) is 18.9 Å². The monoisotopic (exact) mass is 638 g/mol. The number of methoxy groups -OCH3 is 1. The zero-order chi connectivity index (χ0) is 33.9. The Bertz CT molecular complexity index is 1370. The molecule has 8 heteroatoms. The Hall–Kier alpha value is -3.52. The number of hydrogen-bond donors (Lipinski definition) is 1. The summed E-state index contributed by atoms with van der Waals surface area (Å²) in [6.45, 7) is 19.9. The predicted molar refractivity (Wildman–Crippen MR) is 186 cm³/mol. The molecule has 1 fully saturated rings. The molecule has 1 saturated heterocycles. The van der Waals surface area contributed by atoms with E-state index >= 15 is 0 Å². The van der Waals surface area contributed by atoms with Crippen LogP contribution in [-0.4, -0.2) is 44.4 Å². The number of likely N-dealkylation sites (tertiary alicyclic amines) is 1. The first kappa shape index (κ1) is 36.9. The molecule has 2 aliphatic heterocycles. The molecule has 2 aromatic carbocycles. The molecule has 1 unspecified atom stereocenters. The van der Waals surface area contributed by atoms with Crippen LogP contribution in [0.3, 0.4) is 0 Å². The van der Waals surface area contributed by atoms with Crippen LogP contribution in [-0.2, 0) is 12.6 Å². The summed E-state index contributed by atoms with van der Waals surface area (Å²) in [6, 6.07) is 11.4. The first-order valence-corrected chi connectivity index (χ1v) is 16.8. The maximum atomic E-state index is 13.7. The summed E-state index contributed by atoms with van der Waals surface area (Å²) in [6.07, 6.45) is 3.98. The van der Waals surface area contributed by atoms with E-state index in [0.717, 1.165) is 72.9 Å². The fraction of sp³-hybridized carbons (Fsp3) is 0.500. The van der Waals surface area contributed by atoms with E-state index in [1.54, 1.807) is 13.2 Å². The van der Waals surface area contributed by atoms with Crippen LogP contribution in [0.15, 0.2) is 83.3 Å². The van der Waals surface area contributed by atoms with Gasteiger partial charge in [0.15, 0.2) is 0 Å². The van der Waals surface area contributed by atoms with E-state index < -0.39 is 11.7 Å². The summed E-state index contributed by atoms with van der Waals surface area (Å²) in [7, 11) is 3.83. The quantitative estimate of drug-likeness (QED) is 0.263. The third-order valence-corrected chi connectivity index (χ3v) is 8.71. The van der Waals surface area contributed by atoms with Crippen LogP contribution in [0.1, 0.15) is 89.3 Å². The molecule has 2 heterocycles. The highest BCUT2D eigenvalue weighted by Gasteiger charge is 2.38. The first-order chi connectivity index (χ1) is 22.0. The lowest BCUT2D eigenvalue weighted by Crippen LogP contribution is -2.27. The van der Waals surface area contributed by atoms with Crippen LogP contribution in [0.5, 0.6) is 5.75 Å². The molecule has 252 valence electrons. The predicted octanol–water partition coefficient (Wildman–Crippen LogP) is 9.75. The van der Waals surface area contributed by atoms with Crippen molar-refractivity contribution in [3.8, 4) is 5.75 Å². The number of ether oxygens (including phenoxy) is 1. The summed E-state index contributed by atoms with van der Waals surface area (Å²) in [5, 5.41) is 9.42. The number of nitrogens with one attached hydrogen (secondary N) is 1. The van der Waals surface area contributed by atoms with Gasteiger partial charge in [-0.05, 0) is 118 Å². The van der Waals surface area contributed by atoms with Crippen LogP contribution in [0.25, 0.3) is 0 Å². The third kappa shape index (κ3) is 9.50. The maximum absolute atomic E-state index is 13.7.